The van der Waals surface area contributed by atoms with Crippen molar-refractivity contribution in [2.45, 2.75) is 31.8 Å². The molecule has 0 saturated heterocycles. The number of carboxylic acid groups (broad SMARTS) is 1. The second-order valence-electron chi connectivity index (χ2n) is 4.30. The Morgan fingerprint density at radius 3 is 2.50 bits per heavy atom. The molecule has 5 nitrogen and oxygen atoms in total. The minimum atomic E-state index is -1.08. The third kappa shape index (κ3) is 4.97. The summed E-state index contributed by atoms with van der Waals surface area (Å²) in [6, 6.07) is 8.65. The van der Waals surface area contributed by atoms with Crippen LogP contribution in [-0.4, -0.2) is 29.1 Å². The summed E-state index contributed by atoms with van der Waals surface area (Å²) in [4.78, 5) is 22.0. The van der Waals surface area contributed by atoms with E-state index in [1.165, 1.54) is 0 Å². The number of carboxylic acids is 1. The molecule has 2 atom stereocenters. The molecule has 1 unspecified atom stereocenters. The van der Waals surface area contributed by atoms with E-state index in [1.807, 2.05) is 37.3 Å². The molecule has 0 radical (unpaired) electrons. The van der Waals surface area contributed by atoms with Crippen molar-refractivity contribution >= 4 is 11.9 Å². The average Bonchev–Trinajstić information content (AvgIpc) is 2.29. The van der Waals surface area contributed by atoms with Gasteiger partial charge < -0.3 is 16.2 Å². The Morgan fingerprint density at radius 2 is 1.94 bits per heavy atom. The third-order valence-electron chi connectivity index (χ3n) is 2.50. The summed E-state index contributed by atoms with van der Waals surface area (Å²) in [7, 11) is 0. The molecule has 18 heavy (non-hydrogen) atoms. The first-order valence-electron chi connectivity index (χ1n) is 5.80. The van der Waals surface area contributed by atoms with Crippen LogP contribution in [0.1, 0.15) is 18.9 Å². The second-order valence-corrected chi connectivity index (χ2v) is 4.30. The van der Waals surface area contributed by atoms with Crippen molar-refractivity contribution in [3.05, 3.63) is 35.9 Å². The number of nitrogens with two attached hydrogens (primary N) is 1. The van der Waals surface area contributed by atoms with Crippen molar-refractivity contribution in [1.29, 1.82) is 0 Å². The van der Waals surface area contributed by atoms with Gasteiger partial charge >= 0.3 is 5.97 Å². The maximum atomic E-state index is 11.6. The van der Waals surface area contributed by atoms with Gasteiger partial charge in [-0.2, -0.15) is 0 Å². The van der Waals surface area contributed by atoms with Gasteiger partial charge in [0, 0.05) is 6.04 Å². The highest BCUT2D eigenvalue weighted by Crippen LogP contribution is 2.03. The monoisotopic (exact) mass is 250 g/mol. The summed E-state index contributed by atoms with van der Waals surface area (Å²) in [5, 5.41) is 11.2. The van der Waals surface area contributed by atoms with Crippen molar-refractivity contribution in [2.75, 3.05) is 0 Å². The Morgan fingerprint density at radius 1 is 1.33 bits per heavy atom. The predicted octanol–water partition coefficient (Wildman–Crippen LogP) is 0.536. The van der Waals surface area contributed by atoms with Crippen LogP contribution >= 0.6 is 0 Å². The van der Waals surface area contributed by atoms with E-state index >= 15 is 0 Å². The predicted molar refractivity (Wildman–Crippen MR) is 68.0 cm³/mol. The number of carbonyl (C=O) groups is 2. The Bertz CT molecular complexity index is 406. The molecule has 1 rings (SSSR count). The van der Waals surface area contributed by atoms with E-state index in [4.69, 9.17) is 10.8 Å². The van der Waals surface area contributed by atoms with Gasteiger partial charge in [0.2, 0.25) is 5.91 Å². The lowest BCUT2D eigenvalue weighted by Gasteiger charge is -2.16. The van der Waals surface area contributed by atoms with Crippen LogP contribution in [0.25, 0.3) is 0 Å². The topological polar surface area (TPSA) is 92.4 Å². The van der Waals surface area contributed by atoms with Crippen LogP contribution in [0.15, 0.2) is 30.3 Å². The van der Waals surface area contributed by atoms with E-state index in [-0.39, 0.29) is 12.5 Å². The van der Waals surface area contributed by atoms with E-state index in [2.05, 4.69) is 5.32 Å². The average molecular weight is 250 g/mol. The zero-order valence-electron chi connectivity index (χ0n) is 10.3. The van der Waals surface area contributed by atoms with Gasteiger partial charge in [-0.15, -0.1) is 0 Å². The number of hydrogen-bond acceptors (Lipinski definition) is 3. The lowest BCUT2D eigenvalue weighted by atomic mass is 10.1. The van der Waals surface area contributed by atoms with Gasteiger partial charge in [-0.05, 0) is 18.9 Å². The van der Waals surface area contributed by atoms with Gasteiger partial charge in [-0.3, -0.25) is 9.59 Å². The van der Waals surface area contributed by atoms with E-state index in [0.717, 1.165) is 5.56 Å². The molecule has 5 heteroatoms. The maximum Gasteiger partial charge on any atom is 0.305 e. The molecule has 1 aromatic rings. The van der Waals surface area contributed by atoms with Crippen molar-refractivity contribution in [3.63, 3.8) is 0 Å². The lowest BCUT2D eigenvalue weighted by Crippen LogP contribution is -2.46. The van der Waals surface area contributed by atoms with Gasteiger partial charge in [-0.1, -0.05) is 30.3 Å². The number of carbonyl (C=O) groups excluding carboxylic acids is 1. The maximum absolute atomic E-state index is 11.6. The molecule has 1 amide bonds. The zero-order chi connectivity index (χ0) is 13.5. The van der Waals surface area contributed by atoms with E-state index in [9.17, 15) is 9.59 Å². The third-order valence-corrected chi connectivity index (χ3v) is 2.50. The highest BCUT2D eigenvalue weighted by atomic mass is 16.4. The van der Waals surface area contributed by atoms with E-state index < -0.39 is 17.9 Å². The minimum Gasteiger partial charge on any atom is -0.481 e. The standard InChI is InChI=1S/C13H18N2O3/c1-9(7-10-5-3-2-4-6-10)15-13(18)11(14)8-12(16)17/h2-6,9,11H,7-8,14H2,1H3,(H,15,18)(H,16,17)/t9?,11-/m1/s1. The Kier molecular flexibility index (Phi) is 5.32. The molecule has 0 heterocycles. The smallest absolute Gasteiger partial charge is 0.305 e. The highest BCUT2D eigenvalue weighted by Gasteiger charge is 2.18. The normalized spacial score (nSPS) is 13.7. The summed E-state index contributed by atoms with van der Waals surface area (Å²) < 4.78 is 0. The van der Waals surface area contributed by atoms with Gasteiger partial charge in [0.15, 0.2) is 0 Å². The largest absolute Gasteiger partial charge is 0.481 e. The molecule has 0 saturated carbocycles. The number of aliphatic carboxylic acids is 1. The highest BCUT2D eigenvalue weighted by molar-refractivity contribution is 5.86. The molecule has 98 valence electrons. The van der Waals surface area contributed by atoms with Crippen LogP contribution in [0.4, 0.5) is 0 Å². The van der Waals surface area contributed by atoms with Crippen LogP contribution in [-0.2, 0) is 16.0 Å². The van der Waals surface area contributed by atoms with Crippen LogP contribution in [0.2, 0.25) is 0 Å². The van der Waals surface area contributed by atoms with Crippen molar-refractivity contribution < 1.29 is 14.7 Å². The number of rotatable bonds is 6. The zero-order valence-corrected chi connectivity index (χ0v) is 10.3. The molecular weight excluding hydrogens is 232 g/mol. The summed E-state index contributed by atoms with van der Waals surface area (Å²) in [5.41, 5.74) is 6.58. The molecule has 0 aliphatic heterocycles. The van der Waals surface area contributed by atoms with E-state index in [1.54, 1.807) is 0 Å². The Hall–Kier alpha value is -1.88. The first-order chi connectivity index (χ1) is 8.49. The molecule has 4 N–H and O–H groups in total. The summed E-state index contributed by atoms with van der Waals surface area (Å²) >= 11 is 0. The van der Waals surface area contributed by atoms with Gasteiger partial charge in [0.25, 0.3) is 0 Å². The lowest BCUT2D eigenvalue weighted by molar-refractivity contribution is -0.139. The van der Waals surface area contributed by atoms with Gasteiger partial charge in [0.1, 0.15) is 0 Å². The molecular formula is C13H18N2O3. The van der Waals surface area contributed by atoms with Crippen molar-refractivity contribution in [3.8, 4) is 0 Å². The van der Waals surface area contributed by atoms with Gasteiger partial charge in [-0.25, -0.2) is 0 Å². The van der Waals surface area contributed by atoms with Gasteiger partial charge in [0.05, 0.1) is 12.5 Å². The Labute approximate surface area is 106 Å². The quantitative estimate of drug-likeness (QED) is 0.687. The SMILES string of the molecule is CC(Cc1ccccc1)NC(=O)[C@H](N)CC(=O)O. The molecule has 0 spiro atoms. The summed E-state index contributed by atoms with van der Waals surface area (Å²) in [6.45, 7) is 1.86. The first kappa shape index (κ1) is 14.2. The van der Waals surface area contributed by atoms with Crippen molar-refractivity contribution in [2.24, 2.45) is 5.73 Å². The summed E-state index contributed by atoms with van der Waals surface area (Å²) in [6.07, 6.45) is 0.330. The fourth-order valence-electron chi connectivity index (χ4n) is 1.65. The van der Waals surface area contributed by atoms with Crippen LogP contribution < -0.4 is 11.1 Å². The second kappa shape index (κ2) is 6.76. The fourth-order valence-corrected chi connectivity index (χ4v) is 1.65. The number of benzene rings is 1. The molecule has 0 aliphatic carbocycles. The van der Waals surface area contributed by atoms with Crippen LogP contribution in [0.3, 0.4) is 0 Å². The number of nitrogens with one attached hydrogen (secondary N) is 1. The molecule has 1 aromatic carbocycles. The van der Waals surface area contributed by atoms with Crippen LogP contribution in [0, 0.1) is 0 Å². The minimum absolute atomic E-state index is 0.0836. The number of hydrogen-bond donors (Lipinski definition) is 3. The summed E-state index contributed by atoms with van der Waals surface area (Å²) in [5.74, 6) is -1.51. The Balaban J connectivity index is 2.42. The van der Waals surface area contributed by atoms with E-state index in [0.29, 0.717) is 6.42 Å². The van der Waals surface area contributed by atoms with Crippen LogP contribution in [0.5, 0.6) is 0 Å². The first-order valence-corrected chi connectivity index (χ1v) is 5.80. The van der Waals surface area contributed by atoms with Crippen molar-refractivity contribution in [1.82, 2.24) is 5.32 Å². The molecule has 0 fully saturated rings. The molecule has 0 bridgehead atoms. The fraction of sp³-hybridized carbons (Fsp3) is 0.385. The number of amides is 1. The molecule has 0 aromatic heterocycles. The molecule has 0 aliphatic rings.